The van der Waals surface area contributed by atoms with E-state index in [0.717, 1.165) is 0 Å². The van der Waals surface area contributed by atoms with Crippen LogP contribution >= 0.6 is 0 Å². The monoisotopic (exact) mass is 387 g/mol. The fourth-order valence-corrected chi connectivity index (χ4v) is 3.48. The molecule has 0 fully saturated rings. The normalized spacial score (nSPS) is 12.6. The molecule has 1 amide bonds. The summed E-state index contributed by atoms with van der Waals surface area (Å²) in [6, 6.07) is 16.4. The minimum Gasteiger partial charge on any atom is -0.449 e. The fourth-order valence-electron chi connectivity index (χ4n) is 3.48. The summed E-state index contributed by atoms with van der Waals surface area (Å²) < 4.78 is 5.48. The molecule has 29 heavy (non-hydrogen) atoms. The standard InChI is InChI=1S/C22H21N5O2/c23-20-21(24)27-14(12-26-20)6-5-11-25-22(28)29-13-19-17-9-3-1-7-15(17)16-8-2-4-10-18(16)19/h1-10,12,19H,11,13H2,(H2,23,26)(H2,24,27)(H,25,28). The highest BCUT2D eigenvalue weighted by Crippen LogP contribution is 2.44. The first-order valence-corrected chi connectivity index (χ1v) is 9.27. The maximum Gasteiger partial charge on any atom is 0.407 e. The number of anilines is 2. The van der Waals surface area contributed by atoms with E-state index in [4.69, 9.17) is 16.2 Å². The molecule has 2 aromatic carbocycles. The van der Waals surface area contributed by atoms with Crippen LogP contribution in [0.25, 0.3) is 17.2 Å². The van der Waals surface area contributed by atoms with Crippen LogP contribution in [-0.2, 0) is 4.74 Å². The van der Waals surface area contributed by atoms with Crippen LogP contribution in [0, 0.1) is 0 Å². The van der Waals surface area contributed by atoms with E-state index in [0.29, 0.717) is 12.2 Å². The molecule has 7 nitrogen and oxygen atoms in total. The van der Waals surface area contributed by atoms with Gasteiger partial charge >= 0.3 is 6.09 Å². The van der Waals surface area contributed by atoms with Gasteiger partial charge in [0, 0.05) is 12.5 Å². The molecule has 0 unspecified atom stereocenters. The Labute approximate surface area is 168 Å². The Morgan fingerprint density at radius 2 is 1.69 bits per heavy atom. The summed E-state index contributed by atoms with van der Waals surface area (Å²) in [6.45, 7) is 0.576. The van der Waals surface area contributed by atoms with Crippen molar-refractivity contribution in [2.45, 2.75) is 5.92 Å². The lowest BCUT2D eigenvalue weighted by molar-refractivity contribution is 0.144. The molecule has 0 spiro atoms. The van der Waals surface area contributed by atoms with Crippen molar-refractivity contribution in [2.24, 2.45) is 0 Å². The van der Waals surface area contributed by atoms with Crippen LogP contribution in [0.4, 0.5) is 16.4 Å². The quantitative estimate of drug-likeness (QED) is 0.619. The van der Waals surface area contributed by atoms with E-state index in [-0.39, 0.29) is 24.2 Å². The predicted molar refractivity (Wildman–Crippen MR) is 113 cm³/mol. The lowest BCUT2D eigenvalue weighted by Crippen LogP contribution is -2.26. The van der Waals surface area contributed by atoms with Crippen molar-refractivity contribution in [2.75, 3.05) is 24.6 Å². The smallest absolute Gasteiger partial charge is 0.407 e. The second-order valence-corrected chi connectivity index (χ2v) is 6.67. The number of alkyl carbamates (subject to hydrolysis) is 1. The van der Waals surface area contributed by atoms with E-state index in [1.54, 1.807) is 12.2 Å². The Kier molecular flexibility index (Phi) is 5.11. The van der Waals surface area contributed by atoms with Crippen LogP contribution < -0.4 is 16.8 Å². The van der Waals surface area contributed by atoms with Gasteiger partial charge in [-0.15, -0.1) is 0 Å². The number of fused-ring (bicyclic) bond motifs is 3. The summed E-state index contributed by atoms with van der Waals surface area (Å²) in [5, 5.41) is 2.70. The number of amides is 1. The van der Waals surface area contributed by atoms with Crippen molar-refractivity contribution < 1.29 is 9.53 Å². The summed E-state index contributed by atoms with van der Waals surface area (Å²) in [4.78, 5) is 20.1. The van der Waals surface area contributed by atoms with Gasteiger partial charge in [-0.05, 0) is 28.3 Å². The second kappa shape index (κ2) is 8.02. The van der Waals surface area contributed by atoms with E-state index in [1.807, 2.05) is 24.3 Å². The number of carbonyl (C=O) groups is 1. The van der Waals surface area contributed by atoms with E-state index < -0.39 is 6.09 Å². The summed E-state index contributed by atoms with van der Waals surface area (Å²) in [5.74, 6) is 0.410. The molecule has 0 radical (unpaired) electrons. The van der Waals surface area contributed by atoms with Crippen molar-refractivity contribution in [1.29, 1.82) is 0 Å². The number of nitrogen functional groups attached to an aromatic ring is 2. The van der Waals surface area contributed by atoms with E-state index >= 15 is 0 Å². The summed E-state index contributed by atoms with van der Waals surface area (Å²) in [6.07, 6.45) is 4.47. The first-order valence-electron chi connectivity index (χ1n) is 9.27. The van der Waals surface area contributed by atoms with Crippen molar-refractivity contribution >= 4 is 23.8 Å². The summed E-state index contributed by atoms with van der Waals surface area (Å²) >= 11 is 0. The van der Waals surface area contributed by atoms with E-state index in [9.17, 15) is 4.79 Å². The molecule has 7 heteroatoms. The maximum absolute atomic E-state index is 12.1. The molecule has 1 aliphatic rings. The zero-order valence-corrected chi connectivity index (χ0v) is 15.7. The Morgan fingerprint density at radius 3 is 2.34 bits per heavy atom. The molecule has 0 bridgehead atoms. The molecule has 0 atom stereocenters. The fraction of sp³-hybridized carbons (Fsp3) is 0.136. The number of hydrogen-bond donors (Lipinski definition) is 3. The zero-order valence-electron chi connectivity index (χ0n) is 15.7. The molecule has 146 valence electrons. The summed E-state index contributed by atoms with van der Waals surface area (Å²) in [5.41, 5.74) is 16.5. The number of nitrogens with two attached hydrogens (primary N) is 2. The highest BCUT2D eigenvalue weighted by atomic mass is 16.5. The molecular weight excluding hydrogens is 366 g/mol. The second-order valence-electron chi connectivity index (χ2n) is 6.67. The Bertz CT molecular complexity index is 1030. The van der Waals surface area contributed by atoms with Gasteiger partial charge in [-0.3, -0.25) is 0 Å². The number of nitrogens with one attached hydrogen (secondary N) is 1. The number of ether oxygens (including phenoxy) is 1. The average Bonchev–Trinajstić information content (AvgIpc) is 3.06. The number of benzene rings is 2. The van der Waals surface area contributed by atoms with Crippen molar-refractivity contribution in [1.82, 2.24) is 15.3 Å². The Morgan fingerprint density at radius 1 is 1.03 bits per heavy atom. The van der Waals surface area contributed by atoms with Gasteiger partial charge in [0.25, 0.3) is 0 Å². The predicted octanol–water partition coefficient (Wildman–Crippen LogP) is 3.19. The van der Waals surface area contributed by atoms with Crippen LogP contribution in [0.5, 0.6) is 0 Å². The minimum absolute atomic E-state index is 0.0386. The maximum atomic E-state index is 12.1. The molecule has 4 rings (SSSR count). The molecule has 0 saturated heterocycles. The molecule has 0 saturated carbocycles. The van der Waals surface area contributed by atoms with Gasteiger partial charge in [0.05, 0.1) is 11.9 Å². The van der Waals surface area contributed by atoms with E-state index in [1.165, 1.54) is 28.5 Å². The molecular formula is C22H21N5O2. The molecule has 5 N–H and O–H groups in total. The van der Waals surface area contributed by atoms with Gasteiger partial charge in [-0.1, -0.05) is 54.6 Å². The molecule has 3 aromatic rings. The largest absolute Gasteiger partial charge is 0.449 e. The zero-order chi connectivity index (χ0) is 20.2. The van der Waals surface area contributed by atoms with Gasteiger partial charge in [-0.2, -0.15) is 0 Å². The third-order valence-corrected chi connectivity index (χ3v) is 4.84. The van der Waals surface area contributed by atoms with Gasteiger partial charge in [0.15, 0.2) is 11.6 Å². The molecule has 0 aliphatic heterocycles. The Hall–Kier alpha value is -3.87. The van der Waals surface area contributed by atoms with E-state index in [2.05, 4.69) is 39.6 Å². The summed E-state index contributed by atoms with van der Waals surface area (Å²) in [7, 11) is 0. The number of carbonyl (C=O) groups excluding carboxylic acids is 1. The highest BCUT2D eigenvalue weighted by Gasteiger charge is 2.28. The van der Waals surface area contributed by atoms with Crippen molar-refractivity contribution in [3.8, 4) is 11.1 Å². The third-order valence-electron chi connectivity index (χ3n) is 4.84. The minimum atomic E-state index is -0.473. The lowest BCUT2D eigenvalue weighted by Gasteiger charge is -2.14. The van der Waals surface area contributed by atoms with Gasteiger partial charge in [0.2, 0.25) is 0 Å². The number of hydrogen-bond acceptors (Lipinski definition) is 6. The topological polar surface area (TPSA) is 116 Å². The molecule has 1 aliphatic carbocycles. The molecule has 1 heterocycles. The average molecular weight is 387 g/mol. The Balaban J connectivity index is 1.33. The van der Waals surface area contributed by atoms with Gasteiger partial charge in [0.1, 0.15) is 6.61 Å². The van der Waals surface area contributed by atoms with Crippen LogP contribution in [0.3, 0.4) is 0 Å². The van der Waals surface area contributed by atoms with Crippen LogP contribution in [-0.4, -0.2) is 29.2 Å². The number of nitrogens with zero attached hydrogens (tertiary/aromatic N) is 2. The first-order chi connectivity index (χ1) is 14.1. The SMILES string of the molecule is Nc1ncc(C=CCNC(=O)OCC2c3ccccc3-c3ccccc32)nc1N. The third kappa shape index (κ3) is 3.89. The van der Waals surface area contributed by atoms with Crippen LogP contribution in [0.15, 0.2) is 60.8 Å². The van der Waals surface area contributed by atoms with Crippen LogP contribution in [0.2, 0.25) is 0 Å². The first kappa shape index (κ1) is 18.5. The van der Waals surface area contributed by atoms with Gasteiger partial charge < -0.3 is 21.5 Å². The molecule has 1 aromatic heterocycles. The highest BCUT2D eigenvalue weighted by molar-refractivity contribution is 5.79. The lowest BCUT2D eigenvalue weighted by atomic mass is 9.98. The number of rotatable bonds is 5. The number of aromatic nitrogens is 2. The van der Waals surface area contributed by atoms with Crippen molar-refractivity contribution in [3.63, 3.8) is 0 Å². The van der Waals surface area contributed by atoms with Crippen molar-refractivity contribution in [3.05, 3.63) is 77.6 Å². The van der Waals surface area contributed by atoms with Crippen LogP contribution in [0.1, 0.15) is 22.7 Å². The van der Waals surface area contributed by atoms with Gasteiger partial charge in [-0.25, -0.2) is 14.8 Å².